The summed E-state index contributed by atoms with van der Waals surface area (Å²) in [5.41, 5.74) is 0.472. The van der Waals surface area contributed by atoms with Crippen molar-refractivity contribution in [3.63, 3.8) is 0 Å². The minimum atomic E-state index is -4.62. The van der Waals surface area contributed by atoms with Crippen molar-refractivity contribution in [2.45, 2.75) is 39.0 Å². The van der Waals surface area contributed by atoms with E-state index in [2.05, 4.69) is 0 Å². The molecule has 0 aliphatic heterocycles. The number of amides is 1. The average Bonchev–Trinajstić information content (AvgIpc) is 2.33. The maximum absolute atomic E-state index is 12.8. The van der Waals surface area contributed by atoms with Crippen molar-refractivity contribution in [1.82, 2.24) is 4.90 Å². The first-order chi connectivity index (χ1) is 8.45. The van der Waals surface area contributed by atoms with Crippen LogP contribution in [0.1, 0.15) is 31.7 Å². The molecule has 0 saturated heterocycles. The molecular weight excluding hydrogens is 243 g/mol. The molecule has 0 saturated carbocycles. The number of rotatable bonds is 5. The molecule has 0 unspecified atom stereocenters. The Morgan fingerprint density at radius 2 is 1.83 bits per heavy atom. The molecule has 18 heavy (non-hydrogen) atoms. The van der Waals surface area contributed by atoms with Crippen molar-refractivity contribution >= 4 is 5.91 Å². The van der Waals surface area contributed by atoms with Gasteiger partial charge in [0, 0.05) is 6.42 Å². The summed E-state index contributed by atoms with van der Waals surface area (Å²) in [4.78, 5) is 11.5. The lowest BCUT2D eigenvalue weighted by molar-refractivity contribution is -0.243. The largest absolute Gasteiger partial charge is 0.487 e. The summed E-state index contributed by atoms with van der Waals surface area (Å²) in [5.74, 6) is -0.867. The number of carbonyl (C=O) groups excluding carboxylic acids is 1. The Morgan fingerprint density at radius 1 is 1.22 bits per heavy atom. The van der Waals surface area contributed by atoms with Gasteiger partial charge in [-0.3, -0.25) is 4.79 Å². The van der Waals surface area contributed by atoms with Crippen molar-refractivity contribution in [3.05, 3.63) is 35.9 Å². The van der Waals surface area contributed by atoms with E-state index in [-0.39, 0.29) is 11.3 Å². The number of halogens is 3. The Morgan fingerprint density at radius 3 is 2.33 bits per heavy atom. The molecule has 0 atom stereocenters. The van der Waals surface area contributed by atoms with E-state index in [4.69, 9.17) is 0 Å². The summed E-state index contributed by atoms with van der Waals surface area (Å²) in [6, 6.07) is 8.18. The lowest BCUT2D eigenvalue weighted by atomic mass is 10.2. The average molecular weight is 259 g/mol. The van der Waals surface area contributed by atoms with E-state index in [1.807, 2.05) is 6.92 Å². The summed E-state index contributed by atoms with van der Waals surface area (Å²) in [6.45, 7) is 1.41. The zero-order valence-corrected chi connectivity index (χ0v) is 10.2. The second-order valence-electron chi connectivity index (χ2n) is 4.04. The van der Waals surface area contributed by atoms with Crippen molar-refractivity contribution in [1.29, 1.82) is 0 Å². The minimum Gasteiger partial charge on any atom is -0.275 e. The first-order valence-electron chi connectivity index (χ1n) is 5.86. The van der Waals surface area contributed by atoms with Crippen LogP contribution in [0.25, 0.3) is 0 Å². The highest BCUT2D eigenvalue weighted by molar-refractivity contribution is 5.76. The van der Waals surface area contributed by atoms with E-state index in [1.54, 1.807) is 30.3 Å². The van der Waals surface area contributed by atoms with Crippen LogP contribution >= 0.6 is 0 Å². The molecule has 0 bridgehead atoms. The first kappa shape index (κ1) is 14.5. The number of nitrogens with zero attached hydrogens (tertiary/aromatic N) is 1. The molecule has 0 aliphatic carbocycles. The van der Waals surface area contributed by atoms with Gasteiger partial charge < -0.3 is 0 Å². The maximum Gasteiger partial charge on any atom is 0.487 e. The fourth-order valence-electron chi connectivity index (χ4n) is 1.55. The third-order valence-corrected chi connectivity index (χ3v) is 2.53. The highest BCUT2D eigenvalue weighted by atomic mass is 19.4. The molecule has 0 spiro atoms. The van der Waals surface area contributed by atoms with Gasteiger partial charge in [-0.25, -0.2) is 4.90 Å². The topological polar surface area (TPSA) is 20.3 Å². The van der Waals surface area contributed by atoms with Gasteiger partial charge in [-0.1, -0.05) is 43.7 Å². The Labute approximate surface area is 104 Å². The number of hydrogen-bond donors (Lipinski definition) is 0. The van der Waals surface area contributed by atoms with Gasteiger partial charge in [-0.15, -0.1) is 13.2 Å². The standard InChI is InChI=1S/C13H16F3NO/c1-2-3-9-12(18)17(13(14,15)16)10-11-7-5-4-6-8-11/h4-8H,2-3,9-10H2,1H3. The fourth-order valence-corrected chi connectivity index (χ4v) is 1.55. The summed E-state index contributed by atoms with van der Waals surface area (Å²) in [6.07, 6.45) is -3.52. The molecule has 2 nitrogen and oxygen atoms in total. The second-order valence-corrected chi connectivity index (χ2v) is 4.04. The van der Waals surface area contributed by atoms with Crippen LogP contribution in [0.5, 0.6) is 0 Å². The zero-order chi connectivity index (χ0) is 13.6. The SMILES string of the molecule is CCCCC(=O)N(Cc1ccccc1)C(F)(F)F. The normalized spacial score (nSPS) is 11.3. The first-order valence-corrected chi connectivity index (χ1v) is 5.86. The molecule has 1 aromatic carbocycles. The molecule has 100 valence electrons. The third kappa shape index (κ3) is 4.39. The molecule has 5 heteroatoms. The van der Waals surface area contributed by atoms with Crippen LogP contribution in [0.4, 0.5) is 13.2 Å². The predicted octanol–water partition coefficient (Wildman–Crippen LogP) is 3.73. The smallest absolute Gasteiger partial charge is 0.275 e. The molecule has 0 N–H and O–H groups in total. The highest BCUT2D eigenvalue weighted by Crippen LogP contribution is 2.25. The van der Waals surface area contributed by atoms with Crippen LogP contribution in [-0.4, -0.2) is 17.1 Å². The van der Waals surface area contributed by atoms with Crippen LogP contribution < -0.4 is 0 Å². The van der Waals surface area contributed by atoms with Gasteiger partial charge in [0.25, 0.3) is 0 Å². The van der Waals surface area contributed by atoms with E-state index in [1.165, 1.54) is 0 Å². The van der Waals surface area contributed by atoms with Gasteiger partial charge in [-0.2, -0.15) is 0 Å². The molecule has 0 aliphatic rings. The van der Waals surface area contributed by atoms with Crippen molar-refractivity contribution in [2.24, 2.45) is 0 Å². The quantitative estimate of drug-likeness (QED) is 0.738. The van der Waals surface area contributed by atoms with E-state index in [0.717, 1.165) is 0 Å². The summed E-state index contributed by atoms with van der Waals surface area (Å²) in [7, 11) is 0. The molecule has 0 aromatic heterocycles. The molecule has 1 amide bonds. The molecule has 0 heterocycles. The van der Waals surface area contributed by atoms with Crippen LogP contribution in [-0.2, 0) is 11.3 Å². The van der Waals surface area contributed by atoms with Gasteiger partial charge in [0.05, 0.1) is 6.54 Å². The van der Waals surface area contributed by atoms with Gasteiger partial charge in [0.2, 0.25) is 5.91 Å². The second kappa shape index (κ2) is 6.42. The van der Waals surface area contributed by atoms with Gasteiger partial charge in [0.15, 0.2) is 0 Å². The monoisotopic (exact) mass is 259 g/mol. The lowest BCUT2D eigenvalue weighted by Crippen LogP contribution is -2.42. The van der Waals surface area contributed by atoms with Crippen LogP contribution in [0, 0.1) is 0 Å². The predicted molar refractivity (Wildman–Crippen MR) is 62.6 cm³/mol. The Balaban J connectivity index is 2.77. The van der Waals surface area contributed by atoms with E-state index < -0.39 is 18.8 Å². The Bertz CT molecular complexity index is 376. The van der Waals surface area contributed by atoms with E-state index >= 15 is 0 Å². The van der Waals surface area contributed by atoms with Crippen molar-refractivity contribution in [3.8, 4) is 0 Å². The van der Waals surface area contributed by atoms with Gasteiger partial charge in [-0.05, 0) is 12.0 Å². The maximum atomic E-state index is 12.8. The van der Waals surface area contributed by atoms with E-state index in [0.29, 0.717) is 18.4 Å². The fraction of sp³-hybridized carbons (Fsp3) is 0.462. The number of carbonyl (C=O) groups is 1. The van der Waals surface area contributed by atoms with Crippen molar-refractivity contribution < 1.29 is 18.0 Å². The highest BCUT2D eigenvalue weighted by Gasteiger charge is 2.40. The minimum absolute atomic E-state index is 0.0159. The Hall–Kier alpha value is -1.52. The summed E-state index contributed by atoms with van der Waals surface area (Å²) in [5, 5.41) is 0. The number of unbranched alkanes of at least 4 members (excludes halogenated alkanes) is 1. The summed E-state index contributed by atoms with van der Waals surface area (Å²) < 4.78 is 38.4. The van der Waals surface area contributed by atoms with Gasteiger partial charge >= 0.3 is 6.30 Å². The number of benzene rings is 1. The molecule has 0 fully saturated rings. The molecule has 1 rings (SSSR count). The van der Waals surface area contributed by atoms with Gasteiger partial charge in [0.1, 0.15) is 0 Å². The lowest BCUT2D eigenvalue weighted by Gasteiger charge is -2.25. The van der Waals surface area contributed by atoms with Crippen molar-refractivity contribution in [2.75, 3.05) is 0 Å². The summed E-state index contributed by atoms with van der Waals surface area (Å²) >= 11 is 0. The van der Waals surface area contributed by atoms with Crippen LogP contribution in [0.3, 0.4) is 0 Å². The Kier molecular flexibility index (Phi) is 5.19. The molecule has 1 aromatic rings. The zero-order valence-electron chi connectivity index (χ0n) is 10.2. The molecule has 0 radical (unpaired) electrons. The number of hydrogen-bond acceptors (Lipinski definition) is 1. The van der Waals surface area contributed by atoms with Crippen LogP contribution in [0.15, 0.2) is 30.3 Å². The van der Waals surface area contributed by atoms with Crippen LogP contribution in [0.2, 0.25) is 0 Å². The number of alkyl halides is 3. The van der Waals surface area contributed by atoms with E-state index in [9.17, 15) is 18.0 Å². The molecular formula is C13H16F3NO. The third-order valence-electron chi connectivity index (χ3n) is 2.53.